The van der Waals surface area contributed by atoms with Gasteiger partial charge in [0.25, 0.3) is 0 Å². The summed E-state index contributed by atoms with van der Waals surface area (Å²) in [6.07, 6.45) is 3.64. The van der Waals surface area contributed by atoms with E-state index in [9.17, 15) is 13.2 Å². The third kappa shape index (κ3) is 5.89. The topological polar surface area (TPSA) is 69.7 Å². The van der Waals surface area contributed by atoms with Crippen LogP contribution in [-0.4, -0.2) is 56.5 Å². The van der Waals surface area contributed by atoms with E-state index in [1.165, 1.54) is 25.5 Å². The lowest BCUT2D eigenvalue weighted by atomic mass is 10.00. The Balaban J connectivity index is 1.86. The second-order valence-corrected chi connectivity index (χ2v) is 8.84. The SMILES string of the molecule is CC1CCCN(Cc2ccc(NC(=O)CN(C)S(C)(=O)=O)cc2)C1. The fourth-order valence-electron chi connectivity index (χ4n) is 2.90. The van der Waals surface area contributed by atoms with Gasteiger partial charge in [-0.3, -0.25) is 9.69 Å². The summed E-state index contributed by atoms with van der Waals surface area (Å²) in [6, 6.07) is 7.74. The summed E-state index contributed by atoms with van der Waals surface area (Å²) in [7, 11) is -1.96. The number of rotatable bonds is 6. The average molecular weight is 353 g/mol. The molecule has 1 aliphatic rings. The maximum atomic E-state index is 11.9. The van der Waals surface area contributed by atoms with Crippen molar-refractivity contribution in [2.45, 2.75) is 26.3 Å². The summed E-state index contributed by atoms with van der Waals surface area (Å²) >= 11 is 0. The molecule has 1 saturated heterocycles. The van der Waals surface area contributed by atoms with Crippen LogP contribution < -0.4 is 5.32 Å². The lowest BCUT2D eigenvalue weighted by Gasteiger charge is -2.30. The van der Waals surface area contributed by atoms with Crippen LogP contribution in [0.3, 0.4) is 0 Å². The Bertz CT molecular complexity index is 658. The van der Waals surface area contributed by atoms with Crippen LogP contribution in [0.4, 0.5) is 5.69 Å². The van der Waals surface area contributed by atoms with E-state index in [1.807, 2.05) is 24.3 Å². The zero-order valence-electron chi connectivity index (χ0n) is 14.7. The minimum absolute atomic E-state index is 0.188. The molecule has 7 heteroatoms. The second-order valence-electron chi connectivity index (χ2n) is 6.75. The molecule has 0 saturated carbocycles. The van der Waals surface area contributed by atoms with Crippen molar-refractivity contribution in [2.24, 2.45) is 5.92 Å². The molecule has 1 fully saturated rings. The highest BCUT2D eigenvalue weighted by molar-refractivity contribution is 7.88. The first-order valence-corrected chi connectivity index (χ1v) is 10.1. The number of anilines is 1. The summed E-state index contributed by atoms with van der Waals surface area (Å²) in [4.78, 5) is 14.3. The average Bonchev–Trinajstić information content (AvgIpc) is 2.48. The number of benzene rings is 1. The van der Waals surface area contributed by atoms with Gasteiger partial charge in [0.15, 0.2) is 0 Å². The van der Waals surface area contributed by atoms with E-state index in [2.05, 4.69) is 17.1 Å². The molecule has 1 heterocycles. The maximum absolute atomic E-state index is 11.9. The Morgan fingerprint density at radius 2 is 2.00 bits per heavy atom. The van der Waals surface area contributed by atoms with Gasteiger partial charge in [-0.05, 0) is 43.0 Å². The summed E-state index contributed by atoms with van der Waals surface area (Å²) < 4.78 is 23.7. The highest BCUT2D eigenvalue weighted by Crippen LogP contribution is 2.18. The number of likely N-dealkylation sites (N-methyl/N-ethyl adjacent to an activating group) is 1. The van der Waals surface area contributed by atoms with Gasteiger partial charge in [-0.2, -0.15) is 4.31 Å². The number of piperidine rings is 1. The van der Waals surface area contributed by atoms with Crippen molar-refractivity contribution in [3.05, 3.63) is 29.8 Å². The van der Waals surface area contributed by atoms with E-state index in [0.717, 1.165) is 36.1 Å². The van der Waals surface area contributed by atoms with Crippen molar-refractivity contribution in [1.29, 1.82) is 0 Å². The number of amides is 1. The molecule has 2 rings (SSSR count). The van der Waals surface area contributed by atoms with Crippen molar-refractivity contribution < 1.29 is 13.2 Å². The Morgan fingerprint density at radius 3 is 2.58 bits per heavy atom. The molecule has 134 valence electrons. The molecule has 1 N–H and O–H groups in total. The van der Waals surface area contributed by atoms with Crippen LogP contribution >= 0.6 is 0 Å². The smallest absolute Gasteiger partial charge is 0.239 e. The molecule has 6 nitrogen and oxygen atoms in total. The predicted molar refractivity (Wildman–Crippen MR) is 96.2 cm³/mol. The monoisotopic (exact) mass is 353 g/mol. The van der Waals surface area contributed by atoms with Crippen LogP contribution in [0.15, 0.2) is 24.3 Å². The van der Waals surface area contributed by atoms with Crippen LogP contribution in [0.25, 0.3) is 0 Å². The molecule has 24 heavy (non-hydrogen) atoms. The van der Waals surface area contributed by atoms with E-state index in [4.69, 9.17) is 0 Å². The van der Waals surface area contributed by atoms with Gasteiger partial charge in [-0.1, -0.05) is 19.1 Å². The van der Waals surface area contributed by atoms with Crippen molar-refractivity contribution in [3.63, 3.8) is 0 Å². The number of carbonyl (C=O) groups excluding carboxylic acids is 1. The highest BCUT2D eigenvalue weighted by Gasteiger charge is 2.17. The molecule has 1 aliphatic heterocycles. The van der Waals surface area contributed by atoms with Crippen LogP contribution in [-0.2, 0) is 21.4 Å². The predicted octanol–water partition coefficient (Wildman–Crippen LogP) is 1.75. The molecule has 0 bridgehead atoms. The van der Waals surface area contributed by atoms with Crippen molar-refractivity contribution in [3.8, 4) is 0 Å². The van der Waals surface area contributed by atoms with Gasteiger partial charge in [0.2, 0.25) is 15.9 Å². The van der Waals surface area contributed by atoms with E-state index < -0.39 is 10.0 Å². The third-order valence-electron chi connectivity index (χ3n) is 4.32. The molecule has 1 aromatic rings. The Kier molecular flexibility index (Phi) is 6.37. The first-order chi connectivity index (χ1) is 11.2. The molecule has 0 radical (unpaired) electrons. The van der Waals surface area contributed by atoms with Crippen molar-refractivity contribution in [1.82, 2.24) is 9.21 Å². The number of carbonyl (C=O) groups is 1. The Labute approximate surface area is 144 Å². The largest absolute Gasteiger partial charge is 0.325 e. The number of likely N-dealkylation sites (tertiary alicyclic amines) is 1. The van der Waals surface area contributed by atoms with Crippen LogP contribution in [0.1, 0.15) is 25.3 Å². The molecule has 0 aromatic heterocycles. The number of hydrogen-bond acceptors (Lipinski definition) is 4. The molecule has 1 unspecified atom stereocenters. The lowest BCUT2D eigenvalue weighted by molar-refractivity contribution is -0.116. The van der Waals surface area contributed by atoms with Crippen LogP contribution in [0.5, 0.6) is 0 Å². The van der Waals surface area contributed by atoms with Gasteiger partial charge in [0.1, 0.15) is 0 Å². The molecular weight excluding hydrogens is 326 g/mol. The van der Waals surface area contributed by atoms with E-state index >= 15 is 0 Å². The van der Waals surface area contributed by atoms with Gasteiger partial charge in [-0.25, -0.2) is 8.42 Å². The third-order valence-corrected chi connectivity index (χ3v) is 5.58. The van der Waals surface area contributed by atoms with E-state index in [1.54, 1.807) is 0 Å². The van der Waals surface area contributed by atoms with Crippen molar-refractivity contribution >= 4 is 21.6 Å². The summed E-state index contributed by atoms with van der Waals surface area (Å²) in [5, 5.41) is 2.72. The molecule has 1 aromatic carbocycles. The van der Waals surface area contributed by atoms with Gasteiger partial charge < -0.3 is 5.32 Å². The summed E-state index contributed by atoms with van der Waals surface area (Å²) in [5.41, 5.74) is 1.90. The number of nitrogens with one attached hydrogen (secondary N) is 1. The van der Waals surface area contributed by atoms with Crippen LogP contribution in [0, 0.1) is 5.92 Å². The maximum Gasteiger partial charge on any atom is 0.239 e. The normalized spacial score (nSPS) is 19.4. The summed E-state index contributed by atoms with van der Waals surface area (Å²) in [5.74, 6) is 0.407. The molecule has 0 aliphatic carbocycles. The highest BCUT2D eigenvalue weighted by atomic mass is 32.2. The second kappa shape index (κ2) is 8.09. The van der Waals surface area contributed by atoms with Gasteiger partial charge in [0.05, 0.1) is 12.8 Å². The first kappa shape index (κ1) is 18.9. The minimum Gasteiger partial charge on any atom is -0.325 e. The lowest BCUT2D eigenvalue weighted by Crippen LogP contribution is -2.34. The Hall–Kier alpha value is -1.44. The van der Waals surface area contributed by atoms with Gasteiger partial charge in [0, 0.05) is 25.8 Å². The minimum atomic E-state index is -3.35. The zero-order chi connectivity index (χ0) is 17.7. The quantitative estimate of drug-likeness (QED) is 0.846. The number of hydrogen-bond donors (Lipinski definition) is 1. The van der Waals surface area contributed by atoms with Crippen molar-refractivity contribution in [2.75, 3.05) is 38.3 Å². The number of sulfonamides is 1. The zero-order valence-corrected chi connectivity index (χ0v) is 15.5. The van der Waals surface area contributed by atoms with E-state index in [-0.39, 0.29) is 12.5 Å². The molecule has 1 atom stereocenters. The van der Waals surface area contributed by atoms with E-state index in [0.29, 0.717) is 5.69 Å². The van der Waals surface area contributed by atoms with Gasteiger partial charge >= 0.3 is 0 Å². The number of nitrogens with zero attached hydrogens (tertiary/aromatic N) is 2. The molecule has 1 amide bonds. The Morgan fingerprint density at radius 1 is 1.33 bits per heavy atom. The summed E-state index contributed by atoms with van der Waals surface area (Å²) in [6.45, 7) is 5.30. The standard InChI is InChI=1S/C17H27N3O3S/c1-14-5-4-10-20(11-14)12-15-6-8-16(9-7-15)18-17(21)13-19(2)24(3,22)23/h6-9,14H,4-5,10-13H2,1-3H3,(H,18,21). The van der Waals surface area contributed by atoms with Crippen LogP contribution in [0.2, 0.25) is 0 Å². The first-order valence-electron chi connectivity index (χ1n) is 8.26. The van der Waals surface area contributed by atoms with Gasteiger partial charge in [-0.15, -0.1) is 0 Å². The fourth-order valence-corrected chi connectivity index (χ4v) is 3.25. The fraction of sp³-hybridized carbons (Fsp3) is 0.588. The molecule has 0 spiro atoms. The molecular formula is C17H27N3O3S.